The second-order valence-electron chi connectivity index (χ2n) is 5.91. The van der Waals surface area contributed by atoms with E-state index in [1.165, 1.54) is 0 Å². The summed E-state index contributed by atoms with van der Waals surface area (Å²) in [5.41, 5.74) is 2.65. The fourth-order valence-corrected chi connectivity index (χ4v) is 3.34. The fourth-order valence-electron chi connectivity index (χ4n) is 3.17. The summed E-state index contributed by atoms with van der Waals surface area (Å²) >= 11 is 6.11. The number of aromatic nitrogens is 3. The van der Waals surface area contributed by atoms with Crippen LogP contribution in [-0.2, 0) is 4.74 Å². The Kier molecular flexibility index (Phi) is 4.88. The van der Waals surface area contributed by atoms with Gasteiger partial charge in [0.2, 0.25) is 5.28 Å². The van der Waals surface area contributed by atoms with Crippen LogP contribution in [-0.4, -0.2) is 46.9 Å². The summed E-state index contributed by atoms with van der Waals surface area (Å²) < 4.78 is 19.5. The molecule has 2 aliphatic rings. The minimum Gasteiger partial charge on any atom is -0.379 e. The molecular weight excluding hydrogens is 331 g/mol. The molecule has 1 saturated heterocycles. The highest BCUT2D eigenvalue weighted by atomic mass is 35.5. The van der Waals surface area contributed by atoms with Crippen LogP contribution in [0, 0.1) is 19.8 Å². The molecule has 0 N–H and O–H groups in total. The molecule has 2 aromatic heterocycles. The normalized spacial score (nSPS) is 25.6. The van der Waals surface area contributed by atoms with E-state index in [-0.39, 0.29) is 17.2 Å². The van der Waals surface area contributed by atoms with E-state index in [0.29, 0.717) is 25.6 Å². The van der Waals surface area contributed by atoms with Gasteiger partial charge in [-0.25, -0.2) is 9.37 Å². The summed E-state index contributed by atoms with van der Waals surface area (Å²) in [5, 5.41) is 0.987. The molecule has 1 aliphatic carbocycles. The largest absolute Gasteiger partial charge is 0.379 e. The van der Waals surface area contributed by atoms with Gasteiger partial charge < -0.3 is 9.64 Å². The molecule has 4 rings (SSSR count). The highest BCUT2D eigenvalue weighted by molar-refractivity contribution is 6.28. The van der Waals surface area contributed by atoms with Crippen molar-refractivity contribution in [3.63, 3.8) is 0 Å². The average Bonchev–Trinajstić information content (AvgIpc) is 3.28. The average molecular weight is 353 g/mol. The summed E-state index contributed by atoms with van der Waals surface area (Å²) in [7, 11) is 0. The van der Waals surface area contributed by atoms with Crippen molar-refractivity contribution in [3.8, 4) is 0 Å². The zero-order valence-corrected chi connectivity index (χ0v) is 15.1. The van der Waals surface area contributed by atoms with Crippen molar-refractivity contribution in [1.29, 1.82) is 0 Å². The number of alkyl halides is 1. The van der Waals surface area contributed by atoms with Gasteiger partial charge in [0.15, 0.2) is 0 Å². The van der Waals surface area contributed by atoms with E-state index < -0.39 is 6.17 Å². The molecule has 130 valence electrons. The lowest BCUT2D eigenvalue weighted by Crippen LogP contribution is -2.31. The van der Waals surface area contributed by atoms with Gasteiger partial charge in [-0.3, -0.25) is 4.98 Å². The first kappa shape index (κ1) is 17.3. The Bertz CT molecular complexity index is 757. The zero-order valence-electron chi connectivity index (χ0n) is 14.4. The van der Waals surface area contributed by atoms with Crippen LogP contribution in [0.3, 0.4) is 0 Å². The van der Waals surface area contributed by atoms with Crippen LogP contribution in [0.25, 0.3) is 10.9 Å². The molecule has 1 aliphatic heterocycles. The van der Waals surface area contributed by atoms with E-state index >= 15 is 0 Å². The topological polar surface area (TPSA) is 51.1 Å². The quantitative estimate of drug-likeness (QED) is 0.735. The van der Waals surface area contributed by atoms with Crippen LogP contribution >= 0.6 is 11.6 Å². The molecule has 0 amide bonds. The number of fused-ring (bicyclic) bond motifs is 2. The first-order valence-corrected chi connectivity index (χ1v) is 8.73. The predicted molar refractivity (Wildman–Crippen MR) is 93.5 cm³/mol. The molecule has 24 heavy (non-hydrogen) atoms. The second kappa shape index (κ2) is 6.76. The van der Waals surface area contributed by atoms with Crippen molar-refractivity contribution < 1.29 is 9.13 Å². The molecule has 3 unspecified atom stereocenters. The molecule has 2 aromatic rings. The molecule has 1 saturated carbocycles. The van der Waals surface area contributed by atoms with Gasteiger partial charge in [-0.15, -0.1) is 0 Å². The molecule has 3 atom stereocenters. The maximum Gasteiger partial charge on any atom is 0.224 e. The van der Waals surface area contributed by atoms with Gasteiger partial charge in [0.25, 0.3) is 0 Å². The van der Waals surface area contributed by atoms with E-state index in [4.69, 9.17) is 16.3 Å². The van der Waals surface area contributed by atoms with Crippen LogP contribution < -0.4 is 4.90 Å². The first-order valence-electron chi connectivity index (χ1n) is 8.36. The first-order chi connectivity index (χ1) is 11.6. The molecule has 0 bridgehead atoms. The highest BCUT2D eigenvalue weighted by Crippen LogP contribution is 2.44. The van der Waals surface area contributed by atoms with Crippen molar-refractivity contribution >= 4 is 28.3 Å². The molecule has 0 spiro atoms. The third-order valence-electron chi connectivity index (χ3n) is 4.64. The Morgan fingerprint density at radius 3 is 2.79 bits per heavy atom. The Labute approximate surface area is 146 Å². The number of hydrogen-bond acceptors (Lipinski definition) is 5. The molecule has 3 heterocycles. The van der Waals surface area contributed by atoms with Gasteiger partial charge in [0, 0.05) is 24.4 Å². The van der Waals surface area contributed by atoms with Gasteiger partial charge in [0.05, 0.1) is 30.2 Å². The van der Waals surface area contributed by atoms with Crippen LogP contribution in [0.5, 0.6) is 0 Å². The van der Waals surface area contributed by atoms with Crippen molar-refractivity contribution in [1.82, 2.24) is 15.0 Å². The van der Waals surface area contributed by atoms with E-state index in [1.807, 2.05) is 32.6 Å². The van der Waals surface area contributed by atoms with Crippen molar-refractivity contribution in [2.75, 3.05) is 24.7 Å². The molecule has 7 heteroatoms. The predicted octanol–water partition coefficient (Wildman–Crippen LogP) is 3.49. The van der Waals surface area contributed by atoms with Crippen molar-refractivity contribution in [2.24, 2.45) is 5.92 Å². The van der Waals surface area contributed by atoms with Crippen molar-refractivity contribution in [3.05, 3.63) is 22.7 Å². The van der Waals surface area contributed by atoms with Gasteiger partial charge >= 0.3 is 0 Å². The third-order valence-corrected chi connectivity index (χ3v) is 4.80. The van der Waals surface area contributed by atoms with E-state index in [9.17, 15) is 4.39 Å². The lowest BCUT2D eigenvalue weighted by molar-refractivity contribution is 0.131. The van der Waals surface area contributed by atoms with Gasteiger partial charge in [-0.1, -0.05) is 13.8 Å². The number of aryl methyl sites for hydroxylation is 2. The van der Waals surface area contributed by atoms with Crippen LogP contribution in [0.15, 0.2) is 6.20 Å². The van der Waals surface area contributed by atoms with Crippen molar-refractivity contribution in [2.45, 2.75) is 39.9 Å². The lowest BCUT2D eigenvalue weighted by Gasteiger charge is -2.24. The summed E-state index contributed by atoms with van der Waals surface area (Å²) in [6, 6.07) is -0.182. The SMILES string of the molecule is CC.Cc1ncc2c(N3CCOCC4C(F)C43)nc(Cl)nc2c1C. The smallest absolute Gasteiger partial charge is 0.224 e. The second-order valence-corrected chi connectivity index (χ2v) is 6.25. The Balaban J connectivity index is 0.000000815. The summed E-state index contributed by atoms with van der Waals surface area (Å²) in [6.45, 7) is 9.51. The number of ether oxygens (including phenoxy) is 1. The Hall–Kier alpha value is -1.53. The Morgan fingerprint density at radius 2 is 2.04 bits per heavy atom. The maximum absolute atomic E-state index is 14.0. The maximum atomic E-state index is 14.0. The minimum atomic E-state index is -0.872. The minimum absolute atomic E-state index is 0.0780. The zero-order chi connectivity index (χ0) is 17.4. The molecule has 0 aromatic carbocycles. The van der Waals surface area contributed by atoms with E-state index in [1.54, 1.807) is 6.20 Å². The number of hydrogen-bond donors (Lipinski definition) is 0. The highest BCUT2D eigenvalue weighted by Gasteiger charge is 2.56. The van der Waals surface area contributed by atoms with Crippen LogP contribution in [0.4, 0.5) is 10.2 Å². The fraction of sp³-hybridized carbons (Fsp3) is 0.588. The standard InChI is InChI=1S/C15H16ClFN4O.C2H6/c1-7-8(2)18-5-9-12(7)19-15(16)20-14(9)21-3-4-22-6-10-11(17)13(10)21;1-2/h5,10-11,13H,3-4,6H2,1-2H3;1-2H3. The van der Waals surface area contributed by atoms with Crippen LogP contribution in [0.1, 0.15) is 25.1 Å². The lowest BCUT2D eigenvalue weighted by atomic mass is 10.1. The Morgan fingerprint density at radius 1 is 1.29 bits per heavy atom. The molecule has 2 fully saturated rings. The van der Waals surface area contributed by atoms with Gasteiger partial charge in [-0.05, 0) is 31.0 Å². The number of nitrogens with zero attached hydrogens (tertiary/aromatic N) is 4. The number of halogens is 2. The van der Waals surface area contributed by atoms with E-state index in [2.05, 4.69) is 15.0 Å². The summed E-state index contributed by atoms with van der Waals surface area (Å²) in [4.78, 5) is 15.1. The number of pyridine rings is 1. The summed E-state index contributed by atoms with van der Waals surface area (Å²) in [6.07, 6.45) is 0.878. The van der Waals surface area contributed by atoms with Gasteiger partial charge in [-0.2, -0.15) is 4.98 Å². The van der Waals surface area contributed by atoms with Crippen LogP contribution in [0.2, 0.25) is 5.28 Å². The van der Waals surface area contributed by atoms with Gasteiger partial charge in [0.1, 0.15) is 12.0 Å². The number of anilines is 1. The monoisotopic (exact) mass is 352 g/mol. The summed E-state index contributed by atoms with van der Waals surface area (Å²) in [5.74, 6) is 0.581. The molecule has 0 radical (unpaired) electrons. The van der Waals surface area contributed by atoms with E-state index in [0.717, 1.165) is 22.2 Å². The molecular formula is C17H22ClFN4O. The molecule has 5 nitrogen and oxygen atoms in total. The number of rotatable bonds is 1. The third kappa shape index (κ3) is 2.82.